The van der Waals surface area contributed by atoms with Gasteiger partial charge in [-0.25, -0.2) is 0 Å². The molecule has 1 aromatic rings. The van der Waals surface area contributed by atoms with Gasteiger partial charge in [-0.1, -0.05) is 0 Å². The SMILES string of the molecule is CNCCC(O)C(O)c1ccc(OC)cc1[N+](=O)[O-]. The molecule has 0 aliphatic carbocycles. The summed E-state index contributed by atoms with van der Waals surface area (Å²) in [4.78, 5) is 10.4. The summed E-state index contributed by atoms with van der Waals surface area (Å²) < 4.78 is 4.91. The first-order chi connectivity index (χ1) is 9.01. The molecule has 7 nitrogen and oxygen atoms in total. The van der Waals surface area contributed by atoms with Crippen LogP contribution in [0.2, 0.25) is 0 Å². The zero-order valence-electron chi connectivity index (χ0n) is 10.9. The Bertz CT molecular complexity index is 438. The highest BCUT2D eigenvalue weighted by Gasteiger charge is 2.26. The lowest BCUT2D eigenvalue weighted by atomic mass is 10.00. The van der Waals surface area contributed by atoms with Crippen molar-refractivity contribution in [3.63, 3.8) is 0 Å². The van der Waals surface area contributed by atoms with Crippen molar-refractivity contribution in [1.29, 1.82) is 0 Å². The van der Waals surface area contributed by atoms with Gasteiger partial charge in [0.1, 0.15) is 11.9 Å². The van der Waals surface area contributed by atoms with Gasteiger partial charge in [0, 0.05) is 0 Å². The second kappa shape index (κ2) is 7.03. The fraction of sp³-hybridized carbons (Fsp3) is 0.500. The van der Waals surface area contributed by atoms with Gasteiger partial charge in [0.2, 0.25) is 0 Å². The molecular weight excluding hydrogens is 252 g/mol. The summed E-state index contributed by atoms with van der Waals surface area (Å²) in [5.41, 5.74) is -0.190. The van der Waals surface area contributed by atoms with Crippen molar-refractivity contribution < 1.29 is 19.9 Å². The van der Waals surface area contributed by atoms with Crippen molar-refractivity contribution >= 4 is 5.69 Å². The minimum absolute atomic E-state index is 0.0782. The van der Waals surface area contributed by atoms with Crippen molar-refractivity contribution in [2.24, 2.45) is 0 Å². The topological polar surface area (TPSA) is 105 Å². The number of rotatable bonds is 7. The van der Waals surface area contributed by atoms with Crippen LogP contribution in [0.1, 0.15) is 18.1 Å². The van der Waals surface area contributed by atoms with Crippen LogP contribution in [0.15, 0.2) is 18.2 Å². The quantitative estimate of drug-likeness (QED) is 0.495. The van der Waals surface area contributed by atoms with E-state index >= 15 is 0 Å². The Hall–Kier alpha value is -1.70. The molecular formula is C12H18N2O5. The first-order valence-corrected chi connectivity index (χ1v) is 5.84. The molecule has 0 aliphatic rings. The number of nitrogens with zero attached hydrogens (tertiary/aromatic N) is 1. The van der Waals surface area contributed by atoms with Crippen LogP contribution in [0, 0.1) is 10.1 Å². The fourth-order valence-corrected chi connectivity index (χ4v) is 1.72. The van der Waals surface area contributed by atoms with Crippen molar-refractivity contribution in [3.05, 3.63) is 33.9 Å². The largest absolute Gasteiger partial charge is 0.497 e. The lowest BCUT2D eigenvalue weighted by molar-refractivity contribution is -0.386. The third kappa shape index (κ3) is 3.88. The van der Waals surface area contributed by atoms with Crippen LogP contribution in [-0.2, 0) is 0 Å². The summed E-state index contributed by atoms with van der Waals surface area (Å²) in [6, 6.07) is 4.13. The van der Waals surface area contributed by atoms with Gasteiger partial charge in [0.05, 0.1) is 29.8 Å². The Morgan fingerprint density at radius 3 is 2.68 bits per heavy atom. The Labute approximate surface area is 111 Å². The summed E-state index contributed by atoms with van der Waals surface area (Å²) >= 11 is 0. The Kier molecular flexibility index (Phi) is 5.68. The molecule has 106 valence electrons. The van der Waals surface area contributed by atoms with Crippen LogP contribution in [0.3, 0.4) is 0 Å². The minimum atomic E-state index is -1.31. The van der Waals surface area contributed by atoms with Gasteiger partial charge >= 0.3 is 0 Å². The standard InChI is InChI=1S/C12H18N2O5/c1-13-6-5-11(15)12(16)9-4-3-8(19-2)7-10(9)14(17)18/h3-4,7,11-13,15-16H,5-6H2,1-2H3. The molecule has 0 spiro atoms. The summed E-state index contributed by atoms with van der Waals surface area (Å²) in [7, 11) is 3.12. The van der Waals surface area contributed by atoms with Crippen LogP contribution in [0.4, 0.5) is 5.69 Å². The highest BCUT2D eigenvalue weighted by molar-refractivity contribution is 5.47. The molecule has 2 unspecified atom stereocenters. The molecule has 0 aliphatic heterocycles. The zero-order valence-corrected chi connectivity index (χ0v) is 10.9. The maximum Gasteiger partial charge on any atom is 0.279 e. The van der Waals surface area contributed by atoms with E-state index in [1.807, 2.05) is 0 Å². The average molecular weight is 270 g/mol. The average Bonchev–Trinajstić information content (AvgIpc) is 2.43. The fourth-order valence-electron chi connectivity index (χ4n) is 1.72. The predicted octanol–water partition coefficient (Wildman–Crippen LogP) is 0.607. The van der Waals surface area contributed by atoms with E-state index in [1.165, 1.54) is 25.3 Å². The molecule has 0 radical (unpaired) electrons. The van der Waals surface area contributed by atoms with Gasteiger partial charge in [0.25, 0.3) is 5.69 Å². The van der Waals surface area contributed by atoms with E-state index in [2.05, 4.69) is 5.32 Å². The van der Waals surface area contributed by atoms with Gasteiger partial charge in [-0.05, 0) is 32.1 Å². The van der Waals surface area contributed by atoms with Gasteiger partial charge < -0.3 is 20.3 Å². The molecule has 1 aromatic carbocycles. The van der Waals surface area contributed by atoms with E-state index in [0.29, 0.717) is 18.7 Å². The molecule has 1 rings (SSSR count). The number of aliphatic hydroxyl groups is 2. The van der Waals surface area contributed by atoms with Crippen LogP contribution in [0.5, 0.6) is 5.75 Å². The third-order valence-corrected chi connectivity index (χ3v) is 2.81. The van der Waals surface area contributed by atoms with Gasteiger partial charge in [-0.3, -0.25) is 10.1 Å². The number of nitro groups is 1. The van der Waals surface area contributed by atoms with E-state index < -0.39 is 17.1 Å². The van der Waals surface area contributed by atoms with Crippen molar-refractivity contribution in [2.45, 2.75) is 18.6 Å². The third-order valence-electron chi connectivity index (χ3n) is 2.81. The molecule has 0 bridgehead atoms. The zero-order chi connectivity index (χ0) is 14.4. The summed E-state index contributed by atoms with van der Waals surface area (Å²) in [5.74, 6) is 0.326. The van der Waals surface area contributed by atoms with E-state index in [0.717, 1.165) is 0 Å². The first kappa shape index (κ1) is 15.4. The smallest absolute Gasteiger partial charge is 0.279 e. The van der Waals surface area contributed by atoms with Gasteiger partial charge in [-0.15, -0.1) is 0 Å². The molecule has 0 fully saturated rings. The first-order valence-electron chi connectivity index (χ1n) is 5.84. The lowest BCUT2D eigenvalue weighted by Gasteiger charge is -2.18. The molecule has 0 saturated heterocycles. The Balaban J connectivity index is 3.01. The molecule has 0 saturated carbocycles. The van der Waals surface area contributed by atoms with Crippen molar-refractivity contribution in [2.75, 3.05) is 20.7 Å². The van der Waals surface area contributed by atoms with Crippen LogP contribution in [0.25, 0.3) is 0 Å². The molecule has 0 heterocycles. The highest BCUT2D eigenvalue weighted by atomic mass is 16.6. The van der Waals surface area contributed by atoms with E-state index in [9.17, 15) is 20.3 Å². The van der Waals surface area contributed by atoms with Crippen molar-refractivity contribution in [3.8, 4) is 5.75 Å². The molecule has 0 aromatic heterocycles. The second-order valence-corrected chi connectivity index (χ2v) is 4.09. The summed E-state index contributed by atoms with van der Waals surface area (Å²) in [6.45, 7) is 0.502. The Morgan fingerprint density at radius 2 is 2.16 bits per heavy atom. The molecule has 19 heavy (non-hydrogen) atoms. The molecule has 0 amide bonds. The van der Waals surface area contributed by atoms with Crippen LogP contribution >= 0.6 is 0 Å². The number of nitro benzene ring substituents is 1. The monoisotopic (exact) mass is 270 g/mol. The van der Waals surface area contributed by atoms with Crippen LogP contribution in [-0.4, -0.2) is 41.9 Å². The number of aliphatic hydroxyl groups excluding tert-OH is 2. The minimum Gasteiger partial charge on any atom is -0.497 e. The maximum atomic E-state index is 11.0. The predicted molar refractivity (Wildman–Crippen MR) is 69.2 cm³/mol. The van der Waals surface area contributed by atoms with E-state index in [1.54, 1.807) is 7.05 Å². The second-order valence-electron chi connectivity index (χ2n) is 4.09. The molecule has 3 N–H and O–H groups in total. The lowest BCUT2D eigenvalue weighted by Crippen LogP contribution is -2.23. The number of methoxy groups -OCH3 is 1. The molecule has 7 heteroatoms. The van der Waals surface area contributed by atoms with Crippen molar-refractivity contribution in [1.82, 2.24) is 5.32 Å². The number of ether oxygens (including phenoxy) is 1. The van der Waals surface area contributed by atoms with E-state index in [4.69, 9.17) is 4.74 Å². The van der Waals surface area contributed by atoms with Gasteiger partial charge in [-0.2, -0.15) is 0 Å². The normalized spacial score (nSPS) is 13.9. The number of nitrogens with one attached hydrogen (secondary N) is 1. The maximum absolute atomic E-state index is 11.0. The highest BCUT2D eigenvalue weighted by Crippen LogP contribution is 2.31. The van der Waals surface area contributed by atoms with Gasteiger partial charge in [0.15, 0.2) is 0 Å². The summed E-state index contributed by atoms with van der Waals surface area (Å²) in [5, 5.41) is 33.6. The Morgan fingerprint density at radius 1 is 1.47 bits per heavy atom. The number of hydrogen-bond donors (Lipinski definition) is 3. The van der Waals surface area contributed by atoms with Crippen LogP contribution < -0.4 is 10.1 Å². The number of benzene rings is 1. The van der Waals surface area contributed by atoms with E-state index in [-0.39, 0.29) is 11.3 Å². The number of hydrogen-bond acceptors (Lipinski definition) is 6. The summed E-state index contributed by atoms with van der Waals surface area (Å²) in [6.07, 6.45) is -2.08. The molecule has 2 atom stereocenters.